The van der Waals surface area contributed by atoms with Crippen molar-refractivity contribution in [1.82, 2.24) is 15.5 Å². The lowest BCUT2D eigenvalue weighted by Gasteiger charge is -2.28. The number of benzene rings is 2. The van der Waals surface area contributed by atoms with Gasteiger partial charge >= 0.3 is 0 Å². The Morgan fingerprint density at radius 2 is 1.72 bits per heavy atom. The fourth-order valence-electron chi connectivity index (χ4n) is 3.79. The Bertz CT molecular complexity index is 982. The molecule has 2 heterocycles. The number of anilines is 1. The number of fused-ring (bicyclic) bond motifs is 1. The molecule has 0 radical (unpaired) electrons. The molecule has 1 amide bonds. The standard InChI is InChI=1S/C23H26N4O2/c1-29-18-11-9-17(10-12-18)13-14-24-23(28)21-19-7-3-4-8-20(19)22(26-25-21)27-15-5-2-6-16-27/h3-4,7-12H,2,5-6,13-16H2,1H3,(H,24,28). The second-order valence-electron chi connectivity index (χ2n) is 7.32. The van der Waals surface area contributed by atoms with Gasteiger partial charge in [-0.15, -0.1) is 10.2 Å². The number of nitrogens with one attached hydrogen (secondary N) is 1. The first-order valence-electron chi connectivity index (χ1n) is 10.2. The van der Waals surface area contributed by atoms with Crippen molar-refractivity contribution in [1.29, 1.82) is 0 Å². The lowest BCUT2D eigenvalue weighted by molar-refractivity contribution is 0.0950. The Hall–Kier alpha value is -3.15. The molecule has 1 aliphatic heterocycles. The zero-order valence-corrected chi connectivity index (χ0v) is 16.7. The van der Waals surface area contributed by atoms with Gasteiger partial charge in [-0.25, -0.2) is 0 Å². The maximum Gasteiger partial charge on any atom is 0.272 e. The maximum absolute atomic E-state index is 12.8. The van der Waals surface area contributed by atoms with E-state index >= 15 is 0 Å². The number of rotatable bonds is 6. The number of ether oxygens (including phenoxy) is 1. The third kappa shape index (κ3) is 4.31. The molecule has 0 aliphatic carbocycles. The molecule has 1 saturated heterocycles. The van der Waals surface area contributed by atoms with Crippen molar-refractivity contribution in [3.05, 3.63) is 59.8 Å². The third-order valence-electron chi connectivity index (χ3n) is 5.40. The quantitative estimate of drug-likeness (QED) is 0.697. The van der Waals surface area contributed by atoms with Crippen LogP contribution in [0.1, 0.15) is 35.3 Å². The Labute approximate surface area is 170 Å². The molecule has 0 saturated carbocycles. The molecule has 4 rings (SSSR count). The zero-order chi connectivity index (χ0) is 20.1. The highest BCUT2D eigenvalue weighted by Gasteiger charge is 2.19. The Morgan fingerprint density at radius 3 is 2.45 bits per heavy atom. The smallest absolute Gasteiger partial charge is 0.272 e. The van der Waals surface area contributed by atoms with Gasteiger partial charge in [-0.05, 0) is 43.4 Å². The zero-order valence-electron chi connectivity index (χ0n) is 16.7. The molecule has 0 unspecified atom stereocenters. The predicted molar refractivity (Wildman–Crippen MR) is 115 cm³/mol. The minimum Gasteiger partial charge on any atom is -0.497 e. The fourth-order valence-corrected chi connectivity index (χ4v) is 3.79. The van der Waals surface area contributed by atoms with Gasteiger partial charge in [0.05, 0.1) is 7.11 Å². The molecule has 1 aliphatic rings. The summed E-state index contributed by atoms with van der Waals surface area (Å²) in [6.07, 6.45) is 4.34. The lowest BCUT2D eigenvalue weighted by atomic mass is 10.1. The number of piperidine rings is 1. The summed E-state index contributed by atoms with van der Waals surface area (Å²) in [7, 11) is 1.65. The molecule has 29 heavy (non-hydrogen) atoms. The van der Waals surface area contributed by atoms with E-state index in [-0.39, 0.29) is 5.91 Å². The second kappa shape index (κ2) is 8.90. The van der Waals surface area contributed by atoms with Crippen molar-refractivity contribution < 1.29 is 9.53 Å². The summed E-state index contributed by atoms with van der Waals surface area (Å²) in [5.41, 5.74) is 1.53. The second-order valence-corrected chi connectivity index (χ2v) is 7.32. The molecule has 6 nitrogen and oxygen atoms in total. The Kier molecular flexibility index (Phi) is 5.89. The van der Waals surface area contributed by atoms with Crippen molar-refractivity contribution in [3.63, 3.8) is 0 Å². The molecule has 0 atom stereocenters. The average Bonchev–Trinajstić information content (AvgIpc) is 2.79. The van der Waals surface area contributed by atoms with E-state index in [9.17, 15) is 4.79 Å². The number of aromatic nitrogens is 2. The van der Waals surface area contributed by atoms with Crippen molar-refractivity contribution >= 4 is 22.5 Å². The van der Waals surface area contributed by atoms with E-state index in [1.165, 1.54) is 19.3 Å². The molecule has 150 valence electrons. The largest absolute Gasteiger partial charge is 0.497 e. The van der Waals surface area contributed by atoms with E-state index in [1.54, 1.807) is 7.11 Å². The van der Waals surface area contributed by atoms with Crippen LogP contribution in [0.5, 0.6) is 5.75 Å². The molecule has 6 heteroatoms. The van der Waals surface area contributed by atoms with Crippen LogP contribution in [0.15, 0.2) is 48.5 Å². The van der Waals surface area contributed by atoms with Crippen LogP contribution in [0.3, 0.4) is 0 Å². The van der Waals surface area contributed by atoms with E-state index in [0.717, 1.165) is 47.4 Å². The number of methoxy groups -OCH3 is 1. The van der Waals surface area contributed by atoms with Gasteiger partial charge in [0, 0.05) is 30.4 Å². The SMILES string of the molecule is COc1ccc(CCNC(=O)c2nnc(N3CCCCC3)c3ccccc23)cc1. The van der Waals surface area contributed by atoms with Gasteiger partial charge < -0.3 is 15.0 Å². The number of carbonyl (C=O) groups excluding carboxylic acids is 1. The van der Waals surface area contributed by atoms with Gasteiger partial charge in [-0.2, -0.15) is 0 Å². The normalized spacial score (nSPS) is 14.0. The summed E-state index contributed by atoms with van der Waals surface area (Å²) in [5, 5.41) is 13.6. The molecular formula is C23H26N4O2. The van der Waals surface area contributed by atoms with Crippen molar-refractivity contribution in [2.45, 2.75) is 25.7 Å². The Morgan fingerprint density at radius 1 is 1.00 bits per heavy atom. The van der Waals surface area contributed by atoms with E-state index in [4.69, 9.17) is 4.74 Å². The minimum absolute atomic E-state index is 0.188. The first kappa shape index (κ1) is 19.2. The van der Waals surface area contributed by atoms with E-state index < -0.39 is 0 Å². The predicted octanol–water partition coefficient (Wildman–Crippen LogP) is 3.60. The van der Waals surface area contributed by atoms with Crippen LogP contribution >= 0.6 is 0 Å². The number of hydrogen-bond acceptors (Lipinski definition) is 5. The van der Waals surface area contributed by atoms with Crippen LogP contribution in [0.2, 0.25) is 0 Å². The summed E-state index contributed by atoms with van der Waals surface area (Å²) in [4.78, 5) is 15.1. The van der Waals surface area contributed by atoms with E-state index in [0.29, 0.717) is 12.2 Å². The summed E-state index contributed by atoms with van der Waals surface area (Å²) in [6.45, 7) is 2.52. The first-order valence-corrected chi connectivity index (χ1v) is 10.2. The van der Waals surface area contributed by atoms with E-state index in [1.807, 2.05) is 48.5 Å². The van der Waals surface area contributed by atoms with Crippen molar-refractivity contribution in [2.24, 2.45) is 0 Å². The number of amides is 1. The van der Waals surface area contributed by atoms with Gasteiger partial charge in [-0.1, -0.05) is 36.4 Å². The molecule has 0 spiro atoms. The summed E-state index contributed by atoms with van der Waals surface area (Å²) < 4.78 is 5.18. The van der Waals surface area contributed by atoms with Crippen LogP contribution in [-0.2, 0) is 6.42 Å². The molecule has 3 aromatic rings. The van der Waals surface area contributed by atoms with E-state index in [2.05, 4.69) is 20.4 Å². The maximum atomic E-state index is 12.8. The monoisotopic (exact) mass is 390 g/mol. The van der Waals surface area contributed by atoms with Gasteiger partial charge in [0.2, 0.25) is 0 Å². The third-order valence-corrected chi connectivity index (χ3v) is 5.40. The molecule has 2 aromatic carbocycles. The number of nitrogens with zero attached hydrogens (tertiary/aromatic N) is 3. The highest BCUT2D eigenvalue weighted by Crippen LogP contribution is 2.27. The minimum atomic E-state index is -0.188. The number of hydrogen-bond donors (Lipinski definition) is 1. The van der Waals surface area contributed by atoms with Crippen LogP contribution in [0.4, 0.5) is 5.82 Å². The topological polar surface area (TPSA) is 67.3 Å². The molecule has 0 bridgehead atoms. The van der Waals surface area contributed by atoms with Crippen LogP contribution in [0, 0.1) is 0 Å². The summed E-state index contributed by atoms with van der Waals surface area (Å²) in [6, 6.07) is 15.8. The van der Waals surface area contributed by atoms with Gasteiger partial charge in [0.1, 0.15) is 5.75 Å². The highest BCUT2D eigenvalue weighted by atomic mass is 16.5. The average molecular weight is 390 g/mol. The fraction of sp³-hybridized carbons (Fsp3) is 0.348. The molecule has 1 fully saturated rings. The molecule has 1 aromatic heterocycles. The van der Waals surface area contributed by atoms with Gasteiger partial charge in [-0.3, -0.25) is 4.79 Å². The first-order chi connectivity index (χ1) is 14.3. The van der Waals surface area contributed by atoms with Crippen molar-refractivity contribution in [3.8, 4) is 5.75 Å². The van der Waals surface area contributed by atoms with Crippen LogP contribution in [-0.4, -0.2) is 42.8 Å². The van der Waals surface area contributed by atoms with Gasteiger partial charge in [0.25, 0.3) is 5.91 Å². The molecule has 1 N–H and O–H groups in total. The Balaban J connectivity index is 1.48. The highest BCUT2D eigenvalue weighted by molar-refractivity contribution is 6.07. The van der Waals surface area contributed by atoms with Crippen LogP contribution in [0.25, 0.3) is 10.8 Å². The number of carbonyl (C=O) groups is 1. The summed E-state index contributed by atoms with van der Waals surface area (Å²) >= 11 is 0. The van der Waals surface area contributed by atoms with Gasteiger partial charge in [0.15, 0.2) is 11.5 Å². The summed E-state index contributed by atoms with van der Waals surface area (Å²) in [5.74, 6) is 1.52. The van der Waals surface area contributed by atoms with Crippen LogP contribution < -0.4 is 15.0 Å². The van der Waals surface area contributed by atoms with Crippen molar-refractivity contribution in [2.75, 3.05) is 31.6 Å². The molecular weight excluding hydrogens is 364 g/mol. The lowest BCUT2D eigenvalue weighted by Crippen LogP contribution is -2.31.